The summed E-state index contributed by atoms with van der Waals surface area (Å²) < 4.78 is 22.2. The molecule has 0 aliphatic carbocycles. The van der Waals surface area contributed by atoms with Gasteiger partial charge in [0.15, 0.2) is 0 Å². The Labute approximate surface area is 138 Å². The number of benzene rings is 1. The Morgan fingerprint density at radius 3 is 2.74 bits per heavy atom. The molecule has 0 unspecified atom stereocenters. The number of hydrogen-bond donors (Lipinski definition) is 1. The highest BCUT2D eigenvalue weighted by atomic mass is 32.2. The van der Waals surface area contributed by atoms with Crippen molar-refractivity contribution in [3.63, 3.8) is 0 Å². The van der Waals surface area contributed by atoms with Gasteiger partial charge in [-0.05, 0) is 31.4 Å². The van der Waals surface area contributed by atoms with Gasteiger partial charge in [-0.15, -0.1) is 0 Å². The fraction of sp³-hybridized carbons (Fsp3) is 0.500. The Balaban J connectivity index is 1.91. The smallest absolute Gasteiger partial charge is 0.328 e. The quantitative estimate of drug-likeness (QED) is 0.750. The normalized spacial score (nSPS) is 19.8. The topological polar surface area (TPSA) is 81.7 Å². The predicted octanol–water partition coefficient (Wildman–Crippen LogP) is 1.02. The summed E-state index contributed by atoms with van der Waals surface area (Å²) in [5, 5.41) is 2.64. The molecule has 1 aromatic rings. The molecule has 1 amide bonds. The number of hydrogen-bond acceptors (Lipinski definition) is 5. The van der Waals surface area contributed by atoms with E-state index in [1.807, 2.05) is 18.2 Å². The number of rotatable bonds is 7. The van der Waals surface area contributed by atoms with Gasteiger partial charge in [0.2, 0.25) is 5.91 Å². The molecule has 1 fully saturated rings. The Kier molecular flexibility index (Phi) is 6.73. The van der Waals surface area contributed by atoms with Crippen molar-refractivity contribution >= 4 is 22.7 Å². The highest BCUT2D eigenvalue weighted by Crippen LogP contribution is 2.13. The van der Waals surface area contributed by atoms with Gasteiger partial charge >= 0.3 is 5.97 Å². The van der Waals surface area contributed by atoms with Crippen LogP contribution in [0.4, 0.5) is 0 Å². The van der Waals surface area contributed by atoms with Crippen LogP contribution in [0.3, 0.4) is 0 Å². The number of amides is 1. The summed E-state index contributed by atoms with van der Waals surface area (Å²) >= 11 is 0. The summed E-state index contributed by atoms with van der Waals surface area (Å²) in [6.07, 6.45) is 1.21. The summed E-state index contributed by atoms with van der Waals surface area (Å²) in [5.74, 6) is -0.597. The molecule has 0 saturated carbocycles. The lowest BCUT2D eigenvalue weighted by atomic mass is 10.2. The number of ether oxygens (including phenoxy) is 2. The van der Waals surface area contributed by atoms with E-state index >= 15 is 0 Å². The Morgan fingerprint density at radius 2 is 2.13 bits per heavy atom. The van der Waals surface area contributed by atoms with Crippen LogP contribution in [0.5, 0.6) is 0 Å². The van der Waals surface area contributed by atoms with Crippen molar-refractivity contribution in [3.05, 3.63) is 30.3 Å². The van der Waals surface area contributed by atoms with E-state index in [0.29, 0.717) is 17.9 Å². The molecule has 3 atom stereocenters. The van der Waals surface area contributed by atoms with Gasteiger partial charge in [0.1, 0.15) is 12.1 Å². The third kappa shape index (κ3) is 5.14. The average Bonchev–Trinajstić information content (AvgIpc) is 3.13. The van der Waals surface area contributed by atoms with Gasteiger partial charge in [-0.3, -0.25) is 9.00 Å². The van der Waals surface area contributed by atoms with Crippen LogP contribution in [0.1, 0.15) is 19.3 Å². The molecule has 126 valence electrons. The molecule has 1 aromatic carbocycles. The molecular formula is C16H21NO5S. The maximum atomic E-state index is 12.2. The molecule has 23 heavy (non-hydrogen) atoms. The second-order valence-electron chi connectivity index (χ2n) is 5.24. The summed E-state index contributed by atoms with van der Waals surface area (Å²) in [5.41, 5.74) is 0. The maximum absolute atomic E-state index is 12.2. The van der Waals surface area contributed by atoms with E-state index in [1.165, 1.54) is 7.11 Å². The van der Waals surface area contributed by atoms with E-state index in [9.17, 15) is 13.8 Å². The van der Waals surface area contributed by atoms with Crippen molar-refractivity contribution < 1.29 is 23.3 Å². The van der Waals surface area contributed by atoms with Gasteiger partial charge in [0.25, 0.3) is 0 Å². The van der Waals surface area contributed by atoms with Crippen molar-refractivity contribution in [1.29, 1.82) is 0 Å². The van der Waals surface area contributed by atoms with Crippen molar-refractivity contribution in [1.82, 2.24) is 5.32 Å². The van der Waals surface area contributed by atoms with Crippen molar-refractivity contribution in [3.8, 4) is 0 Å². The number of esters is 1. The van der Waals surface area contributed by atoms with Crippen molar-refractivity contribution in [2.24, 2.45) is 0 Å². The van der Waals surface area contributed by atoms with Gasteiger partial charge in [0, 0.05) is 17.3 Å². The maximum Gasteiger partial charge on any atom is 0.328 e. The van der Waals surface area contributed by atoms with Crippen molar-refractivity contribution in [2.75, 3.05) is 19.5 Å². The zero-order chi connectivity index (χ0) is 16.7. The minimum atomic E-state index is -1.23. The van der Waals surface area contributed by atoms with Crippen LogP contribution >= 0.6 is 0 Å². The average molecular weight is 339 g/mol. The molecule has 0 bridgehead atoms. The number of carbonyl (C=O) groups is 2. The van der Waals surface area contributed by atoms with E-state index in [0.717, 1.165) is 6.42 Å². The minimum Gasteiger partial charge on any atom is -0.467 e. The van der Waals surface area contributed by atoms with Crippen LogP contribution in [0.15, 0.2) is 35.2 Å². The van der Waals surface area contributed by atoms with E-state index in [1.54, 1.807) is 12.1 Å². The fourth-order valence-electron chi connectivity index (χ4n) is 2.36. The van der Waals surface area contributed by atoms with E-state index in [-0.39, 0.29) is 18.1 Å². The van der Waals surface area contributed by atoms with Crippen LogP contribution in [0, 0.1) is 0 Å². The zero-order valence-electron chi connectivity index (χ0n) is 13.0. The summed E-state index contributed by atoms with van der Waals surface area (Å²) in [7, 11) is 0.0360. The number of carbonyl (C=O) groups excluding carboxylic acids is 2. The van der Waals surface area contributed by atoms with Gasteiger partial charge in [-0.25, -0.2) is 4.79 Å². The van der Waals surface area contributed by atoms with Crippen molar-refractivity contribution in [2.45, 2.75) is 36.3 Å². The summed E-state index contributed by atoms with van der Waals surface area (Å²) in [6, 6.07) is 8.20. The third-order valence-electron chi connectivity index (χ3n) is 3.62. The third-order valence-corrected chi connectivity index (χ3v) is 5.03. The Bertz CT molecular complexity index is 557. The molecule has 1 heterocycles. The fourth-order valence-corrected chi connectivity index (χ4v) is 3.50. The molecule has 0 aromatic heterocycles. The first-order chi connectivity index (χ1) is 11.1. The first kappa shape index (κ1) is 17.6. The van der Waals surface area contributed by atoms with E-state index in [2.05, 4.69) is 5.32 Å². The van der Waals surface area contributed by atoms with E-state index < -0.39 is 28.9 Å². The van der Waals surface area contributed by atoms with Gasteiger partial charge in [-0.2, -0.15) is 0 Å². The zero-order valence-corrected chi connectivity index (χ0v) is 13.8. The molecule has 2 rings (SSSR count). The molecule has 1 N–H and O–H groups in total. The molecule has 1 aliphatic heterocycles. The molecule has 7 heteroatoms. The highest BCUT2D eigenvalue weighted by molar-refractivity contribution is 7.85. The molecule has 6 nitrogen and oxygen atoms in total. The van der Waals surface area contributed by atoms with Crippen LogP contribution in [-0.4, -0.2) is 47.7 Å². The first-order valence-electron chi connectivity index (χ1n) is 7.55. The lowest BCUT2D eigenvalue weighted by molar-refractivity contribution is -0.146. The van der Waals surface area contributed by atoms with E-state index in [4.69, 9.17) is 9.47 Å². The Morgan fingerprint density at radius 1 is 1.39 bits per heavy atom. The van der Waals surface area contributed by atoms with Crippen LogP contribution in [0.2, 0.25) is 0 Å². The van der Waals surface area contributed by atoms with Gasteiger partial charge in [-0.1, -0.05) is 18.2 Å². The largest absolute Gasteiger partial charge is 0.467 e. The molecular weight excluding hydrogens is 318 g/mol. The van der Waals surface area contributed by atoms with Crippen LogP contribution in [-0.2, 0) is 29.9 Å². The SMILES string of the molecule is COC(=O)[C@H](CC[S@@](=O)c1ccccc1)NC(=O)[C@@H]1CCCO1. The minimum absolute atomic E-state index is 0.243. The molecule has 1 saturated heterocycles. The first-order valence-corrected chi connectivity index (χ1v) is 8.87. The van der Waals surface area contributed by atoms with Crippen LogP contribution < -0.4 is 5.32 Å². The second kappa shape index (κ2) is 8.79. The lowest BCUT2D eigenvalue weighted by Gasteiger charge is -2.18. The highest BCUT2D eigenvalue weighted by Gasteiger charge is 2.29. The van der Waals surface area contributed by atoms with Gasteiger partial charge in [0.05, 0.1) is 17.9 Å². The molecule has 0 spiro atoms. The van der Waals surface area contributed by atoms with Crippen LogP contribution in [0.25, 0.3) is 0 Å². The van der Waals surface area contributed by atoms with Gasteiger partial charge < -0.3 is 14.8 Å². The monoisotopic (exact) mass is 339 g/mol. The lowest BCUT2D eigenvalue weighted by Crippen LogP contribution is -2.46. The second-order valence-corrected chi connectivity index (χ2v) is 6.81. The number of nitrogens with one attached hydrogen (secondary N) is 1. The molecule has 1 aliphatic rings. The standard InChI is InChI=1S/C16H21NO5S/c1-21-16(19)13(17-15(18)14-8-5-10-22-14)9-11-23(20)12-6-3-2-4-7-12/h2-4,6-7,13-14H,5,8-11H2,1H3,(H,17,18)/t13-,14-,23+/m0/s1. The summed E-state index contributed by atoms with van der Waals surface area (Å²) in [6.45, 7) is 0.555. The predicted molar refractivity (Wildman–Crippen MR) is 85.3 cm³/mol. The molecule has 0 radical (unpaired) electrons. The number of methoxy groups -OCH3 is 1. The summed E-state index contributed by atoms with van der Waals surface area (Å²) in [4.78, 5) is 24.6. The Hall–Kier alpha value is -1.73.